The lowest BCUT2D eigenvalue weighted by Gasteiger charge is -2.09. The van der Waals surface area contributed by atoms with Crippen molar-refractivity contribution in [1.82, 2.24) is 5.43 Å². The zero-order valence-electron chi connectivity index (χ0n) is 14.1. The molecule has 0 fully saturated rings. The molecule has 1 amide bonds. The second-order valence-electron chi connectivity index (χ2n) is 5.04. The average molecular weight is 354 g/mol. The Kier molecular flexibility index (Phi) is 6.87. The summed E-state index contributed by atoms with van der Waals surface area (Å²) in [5.41, 5.74) is 3.51. The number of allylic oxidation sites excluding steroid dienone is 1. The first-order chi connectivity index (χ1) is 12.6. The Morgan fingerprint density at radius 1 is 1.23 bits per heavy atom. The predicted molar refractivity (Wildman–Crippen MR) is 100 cm³/mol. The van der Waals surface area contributed by atoms with E-state index in [1.807, 2.05) is 12.1 Å². The normalized spacial score (nSPS) is 10.8. The second kappa shape index (κ2) is 9.58. The molecule has 26 heavy (non-hydrogen) atoms. The van der Waals surface area contributed by atoms with Crippen LogP contribution in [0.5, 0.6) is 5.75 Å². The maximum atomic E-state index is 11.8. The van der Waals surface area contributed by atoms with Gasteiger partial charge in [-0.15, -0.1) is 0 Å². The molecule has 8 nitrogen and oxygen atoms in total. The molecular formula is C18H18N4O4. The SMILES string of the molecule is COc1ccccc1NCC(=O)N/N=C/C=C/c1ccccc1[N+](=O)[O-]. The zero-order chi connectivity index (χ0) is 18.8. The third-order valence-electron chi connectivity index (χ3n) is 3.31. The molecule has 0 spiro atoms. The minimum atomic E-state index is -0.456. The summed E-state index contributed by atoms with van der Waals surface area (Å²) in [7, 11) is 1.55. The third-order valence-corrected chi connectivity index (χ3v) is 3.31. The lowest BCUT2D eigenvalue weighted by Crippen LogP contribution is -2.25. The van der Waals surface area contributed by atoms with E-state index in [-0.39, 0.29) is 18.1 Å². The maximum Gasteiger partial charge on any atom is 0.276 e. The Hall–Kier alpha value is -3.68. The molecule has 2 rings (SSSR count). The van der Waals surface area contributed by atoms with Crippen molar-refractivity contribution < 1.29 is 14.5 Å². The number of hydrogen-bond acceptors (Lipinski definition) is 6. The highest BCUT2D eigenvalue weighted by Gasteiger charge is 2.08. The fourth-order valence-electron chi connectivity index (χ4n) is 2.10. The smallest absolute Gasteiger partial charge is 0.276 e. The number of ether oxygens (including phenoxy) is 1. The topological polar surface area (TPSA) is 106 Å². The fraction of sp³-hybridized carbons (Fsp3) is 0.111. The quantitative estimate of drug-likeness (QED) is 0.431. The van der Waals surface area contributed by atoms with Gasteiger partial charge in [-0.2, -0.15) is 5.10 Å². The number of methoxy groups -OCH3 is 1. The number of carbonyl (C=O) groups is 1. The third kappa shape index (κ3) is 5.45. The number of anilines is 1. The first-order valence-corrected chi connectivity index (χ1v) is 7.70. The van der Waals surface area contributed by atoms with Gasteiger partial charge >= 0.3 is 0 Å². The molecule has 0 aliphatic heterocycles. The molecule has 0 aliphatic carbocycles. The van der Waals surface area contributed by atoms with E-state index in [9.17, 15) is 14.9 Å². The van der Waals surface area contributed by atoms with Crippen LogP contribution in [0, 0.1) is 10.1 Å². The molecule has 2 aromatic rings. The van der Waals surface area contributed by atoms with Gasteiger partial charge in [0.15, 0.2) is 0 Å². The van der Waals surface area contributed by atoms with E-state index in [4.69, 9.17) is 4.74 Å². The lowest BCUT2D eigenvalue weighted by atomic mass is 10.2. The van der Waals surface area contributed by atoms with Crippen molar-refractivity contribution in [2.24, 2.45) is 5.10 Å². The molecule has 2 aromatic carbocycles. The van der Waals surface area contributed by atoms with Gasteiger partial charge in [-0.25, -0.2) is 5.43 Å². The van der Waals surface area contributed by atoms with Crippen LogP contribution >= 0.6 is 0 Å². The second-order valence-corrected chi connectivity index (χ2v) is 5.04. The van der Waals surface area contributed by atoms with Gasteiger partial charge in [-0.1, -0.05) is 24.3 Å². The number of hydrogen-bond donors (Lipinski definition) is 2. The van der Waals surface area contributed by atoms with Gasteiger partial charge in [-0.3, -0.25) is 14.9 Å². The van der Waals surface area contributed by atoms with Gasteiger partial charge in [0.1, 0.15) is 5.75 Å². The van der Waals surface area contributed by atoms with Crippen molar-refractivity contribution in [3.05, 3.63) is 70.3 Å². The first kappa shape index (κ1) is 18.7. The van der Waals surface area contributed by atoms with E-state index in [0.29, 0.717) is 17.0 Å². The molecular weight excluding hydrogens is 336 g/mol. The van der Waals surface area contributed by atoms with Crippen molar-refractivity contribution in [3.8, 4) is 5.75 Å². The number of carbonyl (C=O) groups excluding carboxylic acids is 1. The van der Waals surface area contributed by atoms with Gasteiger partial charge in [-0.05, 0) is 30.4 Å². The number of nitrogens with zero attached hydrogens (tertiary/aromatic N) is 2. The van der Waals surface area contributed by atoms with Gasteiger partial charge in [0.2, 0.25) is 0 Å². The minimum absolute atomic E-state index is 0.00203. The molecule has 0 saturated carbocycles. The standard InChI is InChI=1S/C18H18N4O4/c1-26-17-11-5-3-9-15(17)19-13-18(23)21-20-12-6-8-14-7-2-4-10-16(14)22(24)25/h2-12,19H,13H2,1H3,(H,21,23)/b8-6+,20-12+. The number of nitro benzene ring substituents is 1. The molecule has 0 unspecified atom stereocenters. The fourth-order valence-corrected chi connectivity index (χ4v) is 2.10. The largest absolute Gasteiger partial charge is 0.495 e. The van der Waals surface area contributed by atoms with Crippen LogP contribution in [0.2, 0.25) is 0 Å². The maximum absolute atomic E-state index is 11.8. The van der Waals surface area contributed by atoms with Gasteiger partial charge in [0, 0.05) is 12.3 Å². The van der Waals surface area contributed by atoms with E-state index < -0.39 is 4.92 Å². The molecule has 8 heteroatoms. The Bertz CT molecular complexity index is 833. The van der Waals surface area contributed by atoms with Gasteiger partial charge < -0.3 is 10.1 Å². The summed E-state index contributed by atoms with van der Waals surface area (Å²) < 4.78 is 5.18. The predicted octanol–water partition coefficient (Wildman–Crippen LogP) is 2.83. The van der Waals surface area contributed by atoms with Crippen LogP contribution in [0.25, 0.3) is 6.08 Å². The summed E-state index contributed by atoms with van der Waals surface area (Å²) in [5.74, 6) is 0.294. The van der Waals surface area contributed by atoms with Crippen LogP contribution in [0.1, 0.15) is 5.56 Å². The highest BCUT2D eigenvalue weighted by Crippen LogP contribution is 2.22. The molecule has 0 aromatic heterocycles. The number of rotatable bonds is 8. The zero-order valence-corrected chi connectivity index (χ0v) is 14.1. The average Bonchev–Trinajstić information content (AvgIpc) is 2.66. The Labute approximate surface area is 150 Å². The van der Waals surface area contributed by atoms with Crippen LogP contribution in [0.3, 0.4) is 0 Å². The number of hydrazone groups is 1. The van der Waals surface area contributed by atoms with E-state index in [2.05, 4.69) is 15.8 Å². The van der Waals surface area contributed by atoms with Crippen molar-refractivity contribution in [2.75, 3.05) is 19.0 Å². The van der Waals surface area contributed by atoms with Crippen molar-refractivity contribution in [2.45, 2.75) is 0 Å². The number of benzene rings is 2. The molecule has 0 bridgehead atoms. The number of nitro groups is 1. The van der Waals surface area contributed by atoms with Crippen LogP contribution in [-0.2, 0) is 4.79 Å². The van der Waals surface area contributed by atoms with Crippen LogP contribution in [0.4, 0.5) is 11.4 Å². The Morgan fingerprint density at radius 3 is 2.73 bits per heavy atom. The first-order valence-electron chi connectivity index (χ1n) is 7.70. The van der Waals surface area contributed by atoms with Crippen LogP contribution < -0.4 is 15.5 Å². The molecule has 0 atom stereocenters. The van der Waals surface area contributed by atoms with Crippen molar-refractivity contribution >= 4 is 29.6 Å². The molecule has 0 saturated heterocycles. The van der Waals surface area contributed by atoms with Crippen LogP contribution in [-0.4, -0.2) is 30.7 Å². The summed E-state index contributed by atoms with van der Waals surface area (Å²) in [5, 5.41) is 17.6. The monoisotopic (exact) mass is 354 g/mol. The summed E-state index contributed by atoms with van der Waals surface area (Å²) >= 11 is 0. The van der Waals surface area contributed by atoms with Crippen molar-refractivity contribution in [3.63, 3.8) is 0 Å². The Morgan fingerprint density at radius 2 is 1.96 bits per heavy atom. The van der Waals surface area contributed by atoms with Crippen LogP contribution in [0.15, 0.2) is 59.7 Å². The Balaban J connectivity index is 1.83. The molecule has 134 valence electrons. The van der Waals surface area contributed by atoms with Gasteiger partial charge in [0.25, 0.3) is 11.6 Å². The summed E-state index contributed by atoms with van der Waals surface area (Å²) in [6.07, 6.45) is 4.40. The number of nitrogens with one attached hydrogen (secondary N) is 2. The molecule has 0 aliphatic rings. The highest BCUT2D eigenvalue weighted by molar-refractivity contribution is 5.84. The van der Waals surface area contributed by atoms with E-state index in [1.165, 1.54) is 18.4 Å². The van der Waals surface area contributed by atoms with E-state index in [0.717, 1.165) is 0 Å². The molecule has 0 radical (unpaired) electrons. The molecule has 2 N–H and O–H groups in total. The summed E-state index contributed by atoms with van der Waals surface area (Å²) in [6.45, 7) is 0.0194. The van der Waals surface area contributed by atoms with Crippen molar-refractivity contribution in [1.29, 1.82) is 0 Å². The number of para-hydroxylation sites is 3. The minimum Gasteiger partial charge on any atom is -0.495 e. The highest BCUT2D eigenvalue weighted by atomic mass is 16.6. The number of amides is 1. The van der Waals surface area contributed by atoms with E-state index >= 15 is 0 Å². The summed E-state index contributed by atoms with van der Waals surface area (Å²) in [4.78, 5) is 22.2. The summed E-state index contributed by atoms with van der Waals surface area (Å²) in [6, 6.07) is 13.6. The molecule has 0 heterocycles. The van der Waals surface area contributed by atoms with E-state index in [1.54, 1.807) is 43.5 Å². The lowest BCUT2D eigenvalue weighted by molar-refractivity contribution is -0.385. The van der Waals surface area contributed by atoms with Gasteiger partial charge in [0.05, 0.1) is 29.8 Å².